The van der Waals surface area contributed by atoms with Crippen LogP contribution in [0.4, 0.5) is 4.79 Å². The van der Waals surface area contributed by atoms with Crippen LogP contribution < -0.4 is 5.32 Å². The molecule has 3 rings (SSSR count). The Morgan fingerprint density at radius 2 is 1.56 bits per heavy atom. The van der Waals surface area contributed by atoms with Gasteiger partial charge in [-0.25, -0.2) is 4.79 Å². The van der Waals surface area contributed by atoms with Crippen LogP contribution in [0.5, 0.6) is 0 Å². The summed E-state index contributed by atoms with van der Waals surface area (Å²) in [5, 5.41) is 3.11. The zero-order chi connectivity index (χ0) is 22.4. The van der Waals surface area contributed by atoms with E-state index in [1.165, 1.54) is 37.9 Å². The Morgan fingerprint density at radius 1 is 0.844 bits per heavy atom. The number of benzene rings is 1. The minimum atomic E-state index is 0.00549. The van der Waals surface area contributed by atoms with E-state index in [2.05, 4.69) is 40.5 Å². The lowest BCUT2D eigenvalue weighted by Gasteiger charge is -2.27. The van der Waals surface area contributed by atoms with E-state index < -0.39 is 0 Å². The summed E-state index contributed by atoms with van der Waals surface area (Å²) in [5.74, 6) is 0.854. The van der Waals surface area contributed by atoms with E-state index in [1.54, 1.807) is 0 Å². The van der Waals surface area contributed by atoms with Crippen molar-refractivity contribution < 1.29 is 9.59 Å². The number of ketones is 1. The van der Waals surface area contributed by atoms with Gasteiger partial charge in [-0.15, -0.1) is 0 Å². The third kappa shape index (κ3) is 8.93. The summed E-state index contributed by atoms with van der Waals surface area (Å²) in [7, 11) is 0. The molecule has 0 spiro atoms. The largest absolute Gasteiger partial charge is 0.338 e. The van der Waals surface area contributed by atoms with Gasteiger partial charge in [0.2, 0.25) is 0 Å². The first-order valence-electron chi connectivity index (χ1n) is 13.0. The average Bonchev–Trinajstić information content (AvgIpc) is 2.85. The second-order valence-electron chi connectivity index (χ2n) is 9.61. The number of hydrogen-bond donors (Lipinski definition) is 1. The van der Waals surface area contributed by atoms with Crippen LogP contribution in [0.1, 0.15) is 88.5 Å². The Labute approximate surface area is 194 Å². The minimum absolute atomic E-state index is 0.00549. The molecule has 1 unspecified atom stereocenters. The van der Waals surface area contributed by atoms with Crippen molar-refractivity contribution in [3.05, 3.63) is 35.9 Å². The van der Waals surface area contributed by atoms with Crippen LogP contribution in [0.15, 0.2) is 30.3 Å². The molecule has 1 atom stereocenters. The number of urea groups is 1. The molecule has 2 aliphatic heterocycles. The first kappa shape index (κ1) is 24.8. The molecule has 2 amide bonds. The Bertz CT molecular complexity index is 673. The number of nitrogens with one attached hydrogen (secondary N) is 1. The second-order valence-corrected chi connectivity index (χ2v) is 9.61. The molecule has 2 fully saturated rings. The third-order valence-corrected chi connectivity index (χ3v) is 7.08. The van der Waals surface area contributed by atoms with Gasteiger partial charge in [-0.1, -0.05) is 49.6 Å². The number of piperidine rings is 1. The molecule has 5 nitrogen and oxygen atoms in total. The van der Waals surface area contributed by atoms with Gasteiger partial charge in [0.15, 0.2) is 0 Å². The van der Waals surface area contributed by atoms with Gasteiger partial charge >= 0.3 is 6.03 Å². The van der Waals surface area contributed by atoms with Crippen LogP contribution >= 0.6 is 0 Å². The lowest BCUT2D eigenvalue weighted by Crippen LogP contribution is -2.42. The number of amides is 2. The molecule has 0 aliphatic carbocycles. The summed E-state index contributed by atoms with van der Waals surface area (Å²) in [4.78, 5) is 29.6. The van der Waals surface area contributed by atoms with Gasteiger partial charge in [-0.05, 0) is 76.1 Å². The smallest absolute Gasteiger partial charge is 0.317 e. The maximum atomic E-state index is 12.8. The lowest BCUT2D eigenvalue weighted by molar-refractivity contribution is -0.119. The molecule has 0 saturated carbocycles. The summed E-state index contributed by atoms with van der Waals surface area (Å²) in [5.41, 5.74) is 1.41. The van der Waals surface area contributed by atoms with Crippen LogP contribution in [0.3, 0.4) is 0 Å². The first-order valence-corrected chi connectivity index (χ1v) is 13.0. The summed E-state index contributed by atoms with van der Waals surface area (Å²) < 4.78 is 0. The Kier molecular flexibility index (Phi) is 11.1. The molecule has 2 saturated heterocycles. The van der Waals surface area contributed by atoms with Crippen molar-refractivity contribution >= 4 is 11.8 Å². The molecule has 2 aliphatic rings. The molecule has 0 aromatic heterocycles. The predicted octanol–water partition coefficient (Wildman–Crippen LogP) is 5.36. The van der Waals surface area contributed by atoms with E-state index in [9.17, 15) is 9.59 Å². The quantitative estimate of drug-likeness (QED) is 0.626. The number of likely N-dealkylation sites (tertiary alicyclic amines) is 1. The van der Waals surface area contributed by atoms with E-state index in [-0.39, 0.29) is 6.03 Å². The van der Waals surface area contributed by atoms with Crippen molar-refractivity contribution in [1.29, 1.82) is 0 Å². The fraction of sp³-hybridized carbons (Fsp3) is 0.704. The molecule has 178 valence electrons. The van der Waals surface area contributed by atoms with E-state index in [0.29, 0.717) is 31.1 Å². The highest BCUT2D eigenvalue weighted by Crippen LogP contribution is 2.28. The summed E-state index contributed by atoms with van der Waals surface area (Å²) in [6.45, 7) is 5.49. The molecule has 1 N–H and O–H groups in total. The van der Waals surface area contributed by atoms with E-state index in [0.717, 1.165) is 64.6 Å². The molecular formula is C27H43N3O2. The zero-order valence-corrected chi connectivity index (χ0v) is 19.9. The number of hydrogen-bond acceptors (Lipinski definition) is 3. The molecule has 0 radical (unpaired) electrons. The minimum Gasteiger partial charge on any atom is -0.338 e. The maximum absolute atomic E-state index is 12.8. The molecular weight excluding hydrogens is 398 g/mol. The fourth-order valence-electron chi connectivity index (χ4n) is 5.10. The van der Waals surface area contributed by atoms with Gasteiger partial charge in [0.05, 0.1) is 0 Å². The highest BCUT2D eigenvalue weighted by molar-refractivity contribution is 5.80. The Balaban J connectivity index is 1.46. The molecule has 1 aromatic rings. The average molecular weight is 442 g/mol. The van der Waals surface area contributed by atoms with Gasteiger partial charge in [0, 0.05) is 32.5 Å². The number of rotatable bonds is 5. The highest BCUT2D eigenvalue weighted by Gasteiger charge is 2.17. The van der Waals surface area contributed by atoms with Crippen LogP contribution in [0.2, 0.25) is 0 Å². The first-order chi connectivity index (χ1) is 15.7. The SMILES string of the molecule is O=C1CCCCC(c2ccccc2)CCCCN(C(=O)NCCCN2CCCCC2)CC1. The number of carbonyl (C=O) groups is 2. The topological polar surface area (TPSA) is 52.7 Å². The molecule has 32 heavy (non-hydrogen) atoms. The third-order valence-electron chi connectivity index (χ3n) is 7.08. The Morgan fingerprint density at radius 3 is 2.34 bits per heavy atom. The van der Waals surface area contributed by atoms with Gasteiger partial charge < -0.3 is 15.1 Å². The van der Waals surface area contributed by atoms with Crippen LogP contribution in [-0.2, 0) is 4.79 Å². The summed E-state index contributed by atoms with van der Waals surface area (Å²) in [6, 6.07) is 10.8. The van der Waals surface area contributed by atoms with E-state index in [4.69, 9.17) is 0 Å². The van der Waals surface area contributed by atoms with Gasteiger partial charge in [-0.2, -0.15) is 0 Å². The predicted molar refractivity (Wildman–Crippen MR) is 131 cm³/mol. The normalized spacial score (nSPS) is 22.4. The van der Waals surface area contributed by atoms with Gasteiger partial charge in [-0.3, -0.25) is 4.79 Å². The van der Waals surface area contributed by atoms with Crippen molar-refractivity contribution in [3.63, 3.8) is 0 Å². The second kappa shape index (κ2) is 14.3. The lowest BCUT2D eigenvalue weighted by atomic mass is 9.88. The van der Waals surface area contributed by atoms with Crippen molar-refractivity contribution in [1.82, 2.24) is 15.1 Å². The molecule has 0 bridgehead atoms. The van der Waals surface area contributed by atoms with Crippen molar-refractivity contribution in [3.8, 4) is 0 Å². The van der Waals surface area contributed by atoms with Gasteiger partial charge in [0.1, 0.15) is 5.78 Å². The molecule has 5 heteroatoms. The van der Waals surface area contributed by atoms with E-state index in [1.807, 2.05) is 4.90 Å². The maximum Gasteiger partial charge on any atom is 0.317 e. The monoisotopic (exact) mass is 441 g/mol. The van der Waals surface area contributed by atoms with Crippen LogP contribution in [0.25, 0.3) is 0 Å². The number of Topliss-reactive ketones (excluding diaryl/α,β-unsaturated/α-hetero) is 1. The standard InChI is InChI=1S/C27H43N3O2/c31-26-16-6-5-14-25(24-12-3-1-4-13-24)15-7-10-22-30(23-17-26)27(32)28-18-11-21-29-19-8-2-9-20-29/h1,3-4,12-13,25H,2,5-11,14-23H2,(H,28,32). The fourth-order valence-corrected chi connectivity index (χ4v) is 5.10. The Hall–Kier alpha value is -1.88. The van der Waals surface area contributed by atoms with E-state index >= 15 is 0 Å². The van der Waals surface area contributed by atoms with Crippen molar-refractivity contribution in [2.75, 3.05) is 39.3 Å². The van der Waals surface area contributed by atoms with Crippen molar-refractivity contribution in [2.45, 2.75) is 83.0 Å². The number of carbonyl (C=O) groups excluding carboxylic acids is 2. The van der Waals surface area contributed by atoms with Crippen LogP contribution in [0, 0.1) is 0 Å². The molecule has 1 aromatic carbocycles. The summed E-state index contributed by atoms with van der Waals surface area (Å²) in [6.07, 6.45) is 12.6. The highest BCUT2D eigenvalue weighted by atomic mass is 16.2. The number of nitrogens with zero attached hydrogens (tertiary/aromatic N) is 2. The van der Waals surface area contributed by atoms with Crippen molar-refractivity contribution in [2.24, 2.45) is 0 Å². The van der Waals surface area contributed by atoms with Gasteiger partial charge in [0.25, 0.3) is 0 Å². The van der Waals surface area contributed by atoms with Crippen LogP contribution in [-0.4, -0.2) is 60.9 Å². The zero-order valence-electron chi connectivity index (χ0n) is 19.9. The summed E-state index contributed by atoms with van der Waals surface area (Å²) >= 11 is 0. The molecule has 2 heterocycles.